The number of hydrogen-bond acceptors (Lipinski definition) is 2. The van der Waals surface area contributed by atoms with Crippen molar-refractivity contribution in [2.75, 3.05) is 7.11 Å². The third kappa shape index (κ3) is 3.38. The summed E-state index contributed by atoms with van der Waals surface area (Å²) in [6.07, 6.45) is 0. The zero-order valence-corrected chi connectivity index (χ0v) is 11.7. The van der Waals surface area contributed by atoms with Gasteiger partial charge in [0.25, 0.3) is 0 Å². The van der Waals surface area contributed by atoms with Crippen molar-refractivity contribution in [1.29, 1.82) is 0 Å². The Morgan fingerprint density at radius 3 is 2.50 bits per heavy atom. The topological polar surface area (TPSA) is 26.3 Å². The molecule has 86 valence electrons. The van der Waals surface area contributed by atoms with E-state index in [0.29, 0.717) is 9.50 Å². The van der Waals surface area contributed by atoms with Gasteiger partial charge in [0.15, 0.2) is 0 Å². The summed E-state index contributed by atoms with van der Waals surface area (Å²) in [5.41, 5.74) is 0.861. The van der Waals surface area contributed by atoms with Gasteiger partial charge in [0.1, 0.15) is 0 Å². The molecule has 0 atom stereocenters. The maximum absolute atomic E-state index is 11.6. The fourth-order valence-corrected chi connectivity index (χ4v) is 3.19. The van der Waals surface area contributed by atoms with Crippen LogP contribution >= 0.6 is 11.6 Å². The van der Waals surface area contributed by atoms with Crippen molar-refractivity contribution in [3.8, 4) is 0 Å². The number of benzene rings is 1. The number of carbonyl (C=O) groups excluding carboxylic acids is 1. The zero-order valence-electron chi connectivity index (χ0n) is 9.20. The Kier molecular flexibility index (Phi) is 5.61. The van der Waals surface area contributed by atoms with Crippen molar-refractivity contribution in [2.45, 2.75) is 12.2 Å². The average Bonchev–Trinajstić information content (AvgIpc) is 2.35. The second kappa shape index (κ2) is 6.74. The molecule has 0 radical (unpaired) electrons. The fourth-order valence-electron chi connectivity index (χ4n) is 1.16. The van der Waals surface area contributed by atoms with Gasteiger partial charge < -0.3 is 0 Å². The molecule has 0 aliphatic rings. The van der Waals surface area contributed by atoms with Crippen LogP contribution in [0.4, 0.5) is 0 Å². The minimum atomic E-state index is -0.323. The Bertz CT molecular complexity index is 387. The summed E-state index contributed by atoms with van der Waals surface area (Å²) in [5.74, 6) is -0.323. The Balaban J connectivity index is 3.11. The van der Waals surface area contributed by atoms with Gasteiger partial charge >= 0.3 is 107 Å². The van der Waals surface area contributed by atoms with Crippen LogP contribution < -0.4 is 0 Å². The van der Waals surface area contributed by atoms with E-state index in [4.69, 9.17) is 16.3 Å². The number of methoxy groups -OCH3 is 1. The van der Waals surface area contributed by atoms with Gasteiger partial charge in [0.2, 0.25) is 0 Å². The molecule has 1 aromatic rings. The van der Waals surface area contributed by atoms with Gasteiger partial charge in [-0.1, -0.05) is 0 Å². The van der Waals surface area contributed by atoms with Crippen molar-refractivity contribution in [1.82, 2.24) is 0 Å². The van der Waals surface area contributed by atoms with Crippen LogP contribution in [0.3, 0.4) is 0 Å². The van der Waals surface area contributed by atoms with Crippen LogP contribution in [-0.4, -0.2) is 28.0 Å². The molecular formula is C12H13ClO2Se. The summed E-state index contributed by atoms with van der Waals surface area (Å²) >= 11 is 6.27. The second-order valence-corrected chi connectivity index (χ2v) is 5.99. The Labute approximate surface area is 107 Å². The molecule has 0 N–H and O–H groups in total. The minimum absolute atomic E-state index is 0.0556. The molecule has 0 aliphatic carbocycles. The first-order valence-corrected chi connectivity index (χ1v) is 7.31. The van der Waals surface area contributed by atoms with Crippen LogP contribution in [-0.2, 0) is 9.53 Å². The molecule has 4 heteroatoms. The molecule has 0 amide bonds. The molecular weight excluding hydrogens is 291 g/mol. The predicted octanol–water partition coefficient (Wildman–Crippen LogP) is 2.91. The Morgan fingerprint density at radius 2 is 2.00 bits per heavy atom. The van der Waals surface area contributed by atoms with Crippen molar-refractivity contribution in [3.63, 3.8) is 0 Å². The van der Waals surface area contributed by atoms with Crippen molar-refractivity contribution in [2.24, 2.45) is 0 Å². The van der Waals surface area contributed by atoms with E-state index in [9.17, 15) is 4.79 Å². The van der Waals surface area contributed by atoms with Crippen LogP contribution in [0.1, 0.15) is 12.5 Å². The predicted molar refractivity (Wildman–Crippen MR) is 67.5 cm³/mol. The first-order valence-electron chi connectivity index (χ1n) is 4.87. The van der Waals surface area contributed by atoms with E-state index >= 15 is 0 Å². The van der Waals surface area contributed by atoms with Gasteiger partial charge in [0, 0.05) is 0 Å². The summed E-state index contributed by atoms with van der Waals surface area (Å²) in [6, 6.07) is 9.47. The van der Waals surface area contributed by atoms with Gasteiger partial charge in [-0.05, 0) is 0 Å². The number of rotatable bonds is 4. The molecule has 0 aromatic heterocycles. The van der Waals surface area contributed by atoms with Crippen LogP contribution in [0.2, 0.25) is 5.32 Å². The number of ether oxygens (including phenoxy) is 1. The molecule has 0 bridgehead atoms. The first kappa shape index (κ1) is 13.3. The zero-order chi connectivity index (χ0) is 12.0. The molecule has 1 rings (SSSR count). The van der Waals surface area contributed by atoms with E-state index in [1.807, 2.05) is 37.3 Å². The number of hydrogen-bond donors (Lipinski definition) is 0. The van der Waals surface area contributed by atoms with Gasteiger partial charge in [0.05, 0.1) is 0 Å². The molecule has 0 saturated carbocycles. The molecule has 0 saturated heterocycles. The van der Waals surface area contributed by atoms with Gasteiger partial charge in [-0.15, -0.1) is 0 Å². The third-order valence-corrected chi connectivity index (χ3v) is 4.54. The van der Waals surface area contributed by atoms with Crippen LogP contribution in [0.25, 0.3) is 5.03 Å². The Hall–Kier alpha value is -0.761. The molecule has 16 heavy (non-hydrogen) atoms. The van der Waals surface area contributed by atoms with E-state index in [0.717, 1.165) is 10.9 Å². The van der Waals surface area contributed by atoms with Crippen LogP contribution in [0.5, 0.6) is 0 Å². The second-order valence-electron chi connectivity index (χ2n) is 2.93. The van der Waals surface area contributed by atoms with E-state index in [1.165, 1.54) is 7.11 Å². The van der Waals surface area contributed by atoms with Gasteiger partial charge in [-0.25, -0.2) is 0 Å². The molecule has 0 aliphatic heterocycles. The molecule has 2 nitrogen and oxygen atoms in total. The standard InChI is InChI=1S/C12H13ClO2Se/c1-3-16-11(12(14)15-2)10(13)9-7-5-4-6-8-9/h4-8H,3H2,1-2H3/b11-10+. The maximum atomic E-state index is 11.6. The number of carbonyl (C=O) groups is 1. The van der Waals surface area contributed by atoms with E-state index < -0.39 is 0 Å². The Morgan fingerprint density at radius 1 is 1.38 bits per heavy atom. The normalized spacial score (nSPS) is 11.9. The average molecular weight is 304 g/mol. The van der Waals surface area contributed by atoms with Gasteiger partial charge in [-0.2, -0.15) is 0 Å². The molecule has 0 fully saturated rings. The summed E-state index contributed by atoms with van der Waals surface area (Å²) in [5, 5.41) is 1.43. The SMILES string of the molecule is CC[Se]/C(C(=O)OC)=C(/Cl)c1ccccc1. The van der Waals surface area contributed by atoms with Crippen molar-refractivity contribution in [3.05, 3.63) is 40.4 Å². The fraction of sp³-hybridized carbons (Fsp3) is 0.250. The summed E-state index contributed by atoms with van der Waals surface area (Å²) < 4.78 is 5.34. The molecule has 1 aromatic carbocycles. The third-order valence-electron chi connectivity index (χ3n) is 1.89. The number of halogens is 1. The van der Waals surface area contributed by atoms with E-state index in [1.54, 1.807) is 0 Å². The quantitative estimate of drug-likeness (QED) is 0.486. The summed E-state index contributed by atoms with van der Waals surface area (Å²) in [7, 11) is 1.38. The summed E-state index contributed by atoms with van der Waals surface area (Å²) in [4.78, 5) is 11.6. The monoisotopic (exact) mass is 304 g/mol. The van der Waals surface area contributed by atoms with Gasteiger partial charge in [-0.3, -0.25) is 0 Å². The van der Waals surface area contributed by atoms with E-state index in [-0.39, 0.29) is 20.9 Å². The number of esters is 1. The van der Waals surface area contributed by atoms with Crippen molar-refractivity contribution >= 4 is 37.6 Å². The first-order chi connectivity index (χ1) is 7.70. The summed E-state index contributed by atoms with van der Waals surface area (Å²) in [6.45, 7) is 2.03. The molecule has 0 heterocycles. The molecule has 0 unspecified atom stereocenters. The van der Waals surface area contributed by atoms with E-state index in [2.05, 4.69) is 0 Å². The molecule has 0 spiro atoms. The van der Waals surface area contributed by atoms with Crippen LogP contribution in [0.15, 0.2) is 34.8 Å². The van der Waals surface area contributed by atoms with Crippen LogP contribution in [0, 0.1) is 0 Å². The van der Waals surface area contributed by atoms with Crippen molar-refractivity contribution < 1.29 is 9.53 Å².